The predicted molar refractivity (Wildman–Crippen MR) is 159 cm³/mol. The molecule has 0 bridgehead atoms. The summed E-state index contributed by atoms with van der Waals surface area (Å²) in [5.74, 6) is 0.709. The molecule has 200 valence electrons. The third kappa shape index (κ3) is 4.95. The number of rotatable bonds is 5. The number of amides is 1. The lowest BCUT2D eigenvalue weighted by Crippen LogP contribution is -2.42. The second kappa shape index (κ2) is 10.5. The van der Waals surface area contributed by atoms with Crippen molar-refractivity contribution in [2.45, 2.75) is 33.2 Å². The van der Waals surface area contributed by atoms with Crippen LogP contribution >= 0.6 is 11.8 Å². The molecule has 0 radical (unpaired) electrons. The lowest BCUT2D eigenvalue weighted by Gasteiger charge is -2.41. The minimum Gasteiger partial charge on any atom is -0.496 e. The van der Waals surface area contributed by atoms with Crippen molar-refractivity contribution < 1.29 is 14.3 Å². The Morgan fingerprint density at radius 3 is 2.53 bits per heavy atom. The molecule has 8 heteroatoms. The van der Waals surface area contributed by atoms with E-state index in [1.807, 2.05) is 25.1 Å². The van der Waals surface area contributed by atoms with Crippen molar-refractivity contribution in [2.75, 3.05) is 56.8 Å². The average molecular weight is 533 g/mol. The lowest BCUT2D eigenvalue weighted by molar-refractivity contribution is -0.122. The summed E-state index contributed by atoms with van der Waals surface area (Å²) in [5.41, 5.74) is 6.28. The largest absolute Gasteiger partial charge is 0.496 e. The fourth-order valence-electron chi connectivity index (χ4n) is 5.17. The van der Waals surface area contributed by atoms with Crippen molar-refractivity contribution in [3.8, 4) is 5.75 Å². The molecule has 7 nitrogen and oxygen atoms in total. The highest BCUT2D eigenvalue weighted by atomic mass is 32.2. The number of fused-ring (bicyclic) bond motifs is 1. The molecule has 3 aliphatic heterocycles. The molecule has 1 amide bonds. The van der Waals surface area contributed by atoms with E-state index in [0.29, 0.717) is 16.6 Å². The van der Waals surface area contributed by atoms with Gasteiger partial charge in [0, 0.05) is 55.2 Å². The van der Waals surface area contributed by atoms with Crippen LogP contribution in [-0.4, -0.2) is 68.5 Å². The fourth-order valence-corrected chi connectivity index (χ4v) is 6.22. The fraction of sp³-hybridized carbons (Fsp3) is 0.400. The summed E-state index contributed by atoms with van der Waals surface area (Å²) >= 11 is 1.41. The van der Waals surface area contributed by atoms with Crippen LogP contribution < -0.4 is 14.5 Å². The normalized spacial score (nSPS) is 21.3. The first-order chi connectivity index (χ1) is 18.2. The smallest absolute Gasteiger partial charge is 0.266 e. The summed E-state index contributed by atoms with van der Waals surface area (Å²) in [4.78, 5) is 25.2. The average Bonchev–Trinajstić information content (AvgIpc) is 3.21. The van der Waals surface area contributed by atoms with Crippen LogP contribution in [0.4, 0.5) is 17.1 Å². The monoisotopic (exact) mass is 532 g/mol. The van der Waals surface area contributed by atoms with Crippen molar-refractivity contribution in [1.82, 2.24) is 4.90 Å². The second-order valence-electron chi connectivity index (χ2n) is 10.3. The Labute approximate surface area is 229 Å². The zero-order valence-corrected chi connectivity index (χ0v) is 23.9. The van der Waals surface area contributed by atoms with E-state index >= 15 is 0 Å². The molecular formula is C30H36N4O3S. The van der Waals surface area contributed by atoms with Gasteiger partial charge in [0.15, 0.2) is 5.17 Å². The first-order valence-corrected chi connectivity index (χ1v) is 13.9. The van der Waals surface area contributed by atoms with Crippen molar-refractivity contribution in [1.29, 1.82) is 0 Å². The SMILES string of the molecule is CCN1C(=O)/C(=C\c2cc3c(cc2OC)N(C)C(C)(C)C=C3C)SC1=Nc1ccc(N2CCOCC2)cc1. The van der Waals surface area contributed by atoms with Crippen molar-refractivity contribution in [3.63, 3.8) is 0 Å². The molecule has 0 unspecified atom stereocenters. The van der Waals surface area contributed by atoms with Gasteiger partial charge in [-0.05, 0) is 81.4 Å². The van der Waals surface area contributed by atoms with E-state index in [1.165, 1.54) is 23.0 Å². The van der Waals surface area contributed by atoms with Gasteiger partial charge in [-0.3, -0.25) is 9.69 Å². The number of carbonyl (C=O) groups excluding carboxylic acids is 1. The Hall–Kier alpha value is -3.23. The van der Waals surface area contributed by atoms with Crippen LogP contribution in [0.3, 0.4) is 0 Å². The number of methoxy groups -OCH3 is 1. The summed E-state index contributed by atoms with van der Waals surface area (Å²) in [6.07, 6.45) is 4.22. The molecule has 38 heavy (non-hydrogen) atoms. The Balaban J connectivity index is 1.44. The van der Waals surface area contributed by atoms with E-state index in [1.54, 1.807) is 12.0 Å². The summed E-state index contributed by atoms with van der Waals surface area (Å²) in [7, 11) is 3.78. The number of benzene rings is 2. The maximum Gasteiger partial charge on any atom is 0.266 e. The number of allylic oxidation sites excluding steroid dienone is 1. The number of ether oxygens (including phenoxy) is 2. The maximum atomic E-state index is 13.4. The van der Waals surface area contributed by atoms with Gasteiger partial charge < -0.3 is 19.3 Å². The van der Waals surface area contributed by atoms with Crippen LogP contribution in [0.2, 0.25) is 0 Å². The molecule has 0 atom stereocenters. The van der Waals surface area contributed by atoms with Gasteiger partial charge in [0.2, 0.25) is 0 Å². The van der Waals surface area contributed by atoms with E-state index < -0.39 is 0 Å². The molecule has 0 aromatic heterocycles. The quantitative estimate of drug-likeness (QED) is 0.455. The highest BCUT2D eigenvalue weighted by Gasteiger charge is 2.33. The van der Waals surface area contributed by atoms with Crippen LogP contribution in [0.1, 0.15) is 38.8 Å². The molecule has 5 rings (SSSR count). The molecule has 2 aromatic rings. The van der Waals surface area contributed by atoms with Crippen LogP contribution in [0.15, 0.2) is 52.4 Å². The topological polar surface area (TPSA) is 57.6 Å². The Bertz CT molecular complexity index is 1320. The molecule has 2 aromatic carbocycles. The highest BCUT2D eigenvalue weighted by Crippen LogP contribution is 2.43. The molecule has 0 saturated carbocycles. The van der Waals surface area contributed by atoms with Gasteiger partial charge in [-0.1, -0.05) is 6.08 Å². The lowest BCUT2D eigenvalue weighted by atomic mass is 9.88. The van der Waals surface area contributed by atoms with E-state index in [2.05, 4.69) is 68.0 Å². The Morgan fingerprint density at radius 1 is 1.16 bits per heavy atom. The number of amidine groups is 1. The van der Waals surface area contributed by atoms with E-state index in [9.17, 15) is 4.79 Å². The minimum absolute atomic E-state index is 0.0357. The van der Waals surface area contributed by atoms with Gasteiger partial charge in [0.25, 0.3) is 5.91 Å². The van der Waals surface area contributed by atoms with Crippen molar-refractivity contribution in [3.05, 3.63) is 58.5 Å². The summed E-state index contributed by atoms with van der Waals surface area (Å²) < 4.78 is 11.2. The van der Waals surface area contributed by atoms with Crippen LogP contribution in [0.5, 0.6) is 5.75 Å². The highest BCUT2D eigenvalue weighted by molar-refractivity contribution is 8.18. The first kappa shape index (κ1) is 26.4. The predicted octanol–water partition coefficient (Wildman–Crippen LogP) is 5.79. The van der Waals surface area contributed by atoms with Gasteiger partial charge in [0.1, 0.15) is 5.75 Å². The van der Waals surface area contributed by atoms with Crippen molar-refractivity contribution >= 4 is 51.5 Å². The van der Waals surface area contributed by atoms with Gasteiger partial charge >= 0.3 is 0 Å². The Morgan fingerprint density at radius 2 is 1.87 bits per heavy atom. The molecular weight excluding hydrogens is 496 g/mol. The summed E-state index contributed by atoms with van der Waals surface area (Å²) in [6, 6.07) is 12.4. The molecule has 2 saturated heterocycles. The number of carbonyl (C=O) groups is 1. The molecule has 3 heterocycles. The summed E-state index contributed by atoms with van der Waals surface area (Å²) in [6.45, 7) is 12.4. The van der Waals surface area contributed by atoms with Crippen LogP contribution in [-0.2, 0) is 9.53 Å². The van der Waals surface area contributed by atoms with Crippen LogP contribution in [0, 0.1) is 0 Å². The number of likely N-dealkylation sites (N-methyl/N-ethyl adjacent to an activating group) is 2. The van der Waals surface area contributed by atoms with Gasteiger partial charge in [-0.25, -0.2) is 4.99 Å². The molecule has 0 N–H and O–H groups in total. The molecule has 2 fully saturated rings. The second-order valence-corrected chi connectivity index (χ2v) is 11.3. The zero-order valence-electron chi connectivity index (χ0n) is 23.1. The number of anilines is 2. The van der Waals surface area contributed by atoms with E-state index in [0.717, 1.165) is 54.6 Å². The minimum atomic E-state index is -0.0905. The van der Waals surface area contributed by atoms with Gasteiger partial charge in [-0.15, -0.1) is 0 Å². The molecule has 0 aliphatic carbocycles. The third-order valence-electron chi connectivity index (χ3n) is 7.51. The number of hydrogen-bond acceptors (Lipinski definition) is 7. The van der Waals surface area contributed by atoms with Crippen LogP contribution in [0.25, 0.3) is 11.6 Å². The standard InChI is InChI=1S/C30H36N4O3S/c1-7-34-28(35)27(38-29(34)31-22-8-10-23(11-9-22)33-12-14-37-15-13-33)17-21-16-24-20(2)19-30(3,4)32(5)25(24)18-26(21)36-6/h8-11,16-19H,7,12-15H2,1-6H3/b27-17+,31-29?. The number of nitrogens with zero attached hydrogens (tertiary/aromatic N) is 4. The Kier molecular flexibility index (Phi) is 7.29. The number of thioether (sulfide) groups is 1. The number of aliphatic imine (C=N–C) groups is 1. The third-order valence-corrected chi connectivity index (χ3v) is 8.52. The van der Waals surface area contributed by atoms with Gasteiger partial charge in [0.05, 0.1) is 36.5 Å². The molecule has 3 aliphatic rings. The number of morpholine rings is 1. The van der Waals surface area contributed by atoms with E-state index in [-0.39, 0.29) is 11.4 Å². The number of hydrogen-bond donors (Lipinski definition) is 0. The van der Waals surface area contributed by atoms with Crippen molar-refractivity contribution in [2.24, 2.45) is 4.99 Å². The van der Waals surface area contributed by atoms with Gasteiger partial charge in [-0.2, -0.15) is 0 Å². The summed E-state index contributed by atoms with van der Waals surface area (Å²) in [5, 5.41) is 0.692. The first-order valence-electron chi connectivity index (χ1n) is 13.1. The zero-order chi connectivity index (χ0) is 27.0. The molecule has 0 spiro atoms. The maximum absolute atomic E-state index is 13.4. The van der Waals surface area contributed by atoms with E-state index in [4.69, 9.17) is 14.5 Å².